The molecule has 1 aromatic carbocycles. The van der Waals surface area contributed by atoms with Crippen LogP contribution in [0.3, 0.4) is 0 Å². The molecule has 1 fully saturated rings. The molecule has 1 saturated heterocycles. The van der Waals surface area contributed by atoms with Gasteiger partial charge >= 0.3 is 0 Å². The van der Waals surface area contributed by atoms with Crippen LogP contribution >= 0.6 is 0 Å². The van der Waals surface area contributed by atoms with E-state index in [-0.39, 0.29) is 5.41 Å². The van der Waals surface area contributed by atoms with Crippen molar-refractivity contribution in [2.45, 2.75) is 65.6 Å². The molecule has 0 aliphatic carbocycles. The van der Waals surface area contributed by atoms with Crippen LogP contribution in [0.1, 0.15) is 63.3 Å². The molecule has 1 aromatic heterocycles. The Bertz CT molecular complexity index is 828. The molecule has 2 heterocycles. The first-order valence-electron chi connectivity index (χ1n) is 11.0. The van der Waals surface area contributed by atoms with E-state index in [9.17, 15) is 0 Å². The lowest BCUT2D eigenvalue weighted by atomic mass is 9.94. The molecule has 0 bridgehead atoms. The monoisotopic (exact) mass is 411 g/mol. The summed E-state index contributed by atoms with van der Waals surface area (Å²) in [5, 5.41) is 6.67. The lowest BCUT2D eigenvalue weighted by molar-refractivity contribution is 0.185. The number of nitrogens with zero attached hydrogens (tertiary/aromatic N) is 3. The van der Waals surface area contributed by atoms with E-state index >= 15 is 0 Å². The second kappa shape index (κ2) is 10.1. The highest BCUT2D eigenvalue weighted by atomic mass is 16.4. The maximum atomic E-state index is 5.84. The Morgan fingerprint density at radius 1 is 1.17 bits per heavy atom. The molecule has 0 atom stereocenters. The minimum Gasteiger partial charge on any atom is -0.443 e. The van der Waals surface area contributed by atoms with E-state index in [1.54, 1.807) is 7.05 Å². The number of nitrogens with one attached hydrogen (secondary N) is 2. The highest BCUT2D eigenvalue weighted by molar-refractivity contribution is 5.79. The third-order valence-corrected chi connectivity index (χ3v) is 5.66. The molecule has 1 aliphatic heterocycles. The second-order valence-corrected chi connectivity index (χ2v) is 9.43. The van der Waals surface area contributed by atoms with Crippen LogP contribution in [0.25, 0.3) is 0 Å². The van der Waals surface area contributed by atoms with Crippen molar-refractivity contribution in [3.63, 3.8) is 0 Å². The van der Waals surface area contributed by atoms with Gasteiger partial charge in [-0.05, 0) is 43.0 Å². The molecular formula is C24H37N5O. The molecular weight excluding hydrogens is 374 g/mol. The van der Waals surface area contributed by atoms with E-state index in [2.05, 4.69) is 77.5 Å². The van der Waals surface area contributed by atoms with Gasteiger partial charge in [0.1, 0.15) is 5.76 Å². The molecule has 0 saturated carbocycles. The van der Waals surface area contributed by atoms with Crippen LogP contribution in [0.2, 0.25) is 0 Å². The number of rotatable bonds is 6. The van der Waals surface area contributed by atoms with Crippen LogP contribution in [-0.2, 0) is 25.0 Å². The highest BCUT2D eigenvalue weighted by Gasteiger charge is 2.19. The average molecular weight is 412 g/mol. The summed E-state index contributed by atoms with van der Waals surface area (Å²) in [6, 6.07) is 8.83. The summed E-state index contributed by atoms with van der Waals surface area (Å²) in [7, 11) is 1.78. The molecule has 2 N–H and O–H groups in total. The van der Waals surface area contributed by atoms with Crippen LogP contribution in [0.4, 0.5) is 0 Å². The van der Waals surface area contributed by atoms with Crippen LogP contribution < -0.4 is 10.6 Å². The number of hydrogen-bond acceptors (Lipinski definition) is 4. The smallest absolute Gasteiger partial charge is 0.213 e. The molecule has 0 amide bonds. The SMILES string of the molecule is CN=C(NCc1cccc(CN2CCC(C)CC2)c1)NCc1ncc(C(C)(C)C)o1. The fourth-order valence-corrected chi connectivity index (χ4v) is 3.62. The number of guanidine groups is 1. The molecule has 2 aromatic rings. The molecule has 0 spiro atoms. The number of piperidine rings is 1. The predicted octanol–water partition coefficient (Wildman–Crippen LogP) is 4.07. The number of oxazole rings is 1. The summed E-state index contributed by atoms with van der Waals surface area (Å²) >= 11 is 0. The highest BCUT2D eigenvalue weighted by Crippen LogP contribution is 2.22. The van der Waals surface area contributed by atoms with Gasteiger partial charge in [0.2, 0.25) is 5.89 Å². The topological polar surface area (TPSA) is 65.7 Å². The van der Waals surface area contributed by atoms with Gasteiger partial charge in [0.15, 0.2) is 5.96 Å². The molecule has 0 unspecified atom stereocenters. The van der Waals surface area contributed by atoms with Crippen LogP contribution in [-0.4, -0.2) is 36.0 Å². The summed E-state index contributed by atoms with van der Waals surface area (Å²) in [4.78, 5) is 11.2. The second-order valence-electron chi connectivity index (χ2n) is 9.43. The van der Waals surface area contributed by atoms with Crippen LogP contribution in [0, 0.1) is 5.92 Å². The minimum atomic E-state index is -0.0391. The van der Waals surface area contributed by atoms with Crippen molar-refractivity contribution in [3.8, 4) is 0 Å². The maximum Gasteiger partial charge on any atom is 0.213 e. The van der Waals surface area contributed by atoms with Gasteiger partial charge in [0.05, 0.1) is 12.7 Å². The molecule has 3 rings (SSSR count). The van der Waals surface area contributed by atoms with Crippen molar-refractivity contribution in [2.75, 3.05) is 20.1 Å². The van der Waals surface area contributed by atoms with E-state index < -0.39 is 0 Å². The summed E-state index contributed by atoms with van der Waals surface area (Å²) in [6.45, 7) is 13.4. The van der Waals surface area contributed by atoms with Crippen LogP contribution in [0.5, 0.6) is 0 Å². The fraction of sp³-hybridized carbons (Fsp3) is 0.583. The van der Waals surface area contributed by atoms with Gasteiger partial charge in [-0.2, -0.15) is 0 Å². The number of likely N-dealkylation sites (tertiary alicyclic amines) is 1. The van der Waals surface area contributed by atoms with E-state index in [1.165, 1.54) is 37.1 Å². The average Bonchev–Trinajstić information content (AvgIpc) is 3.20. The van der Waals surface area contributed by atoms with Gasteiger partial charge < -0.3 is 15.1 Å². The Morgan fingerprint density at radius 2 is 1.87 bits per heavy atom. The maximum absolute atomic E-state index is 5.84. The first kappa shape index (κ1) is 22.3. The Balaban J connectivity index is 1.48. The fourth-order valence-electron chi connectivity index (χ4n) is 3.62. The standard InChI is InChI=1S/C24H37N5O/c1-18-9-11-29(12-10-18)17-20-8-6-7-19(13-20)14-27-23(25-5)28-16-22-26-15-21(30-22)24(2,3)4/h6-8,13,15,18H,9-12,14,16-17H2,1-5H3,(H2,25,27,28). The Hall–Kier alpha value is -2.34. The lowest BCUT2D eigenvalue weighted by Crippen LogP contribution is -2.36. The van der Waals surface area contributed by atoms with Gasteiger partial charge in [-0.15, -0.1) is 0 Å². The summed E-state index contributed by atoms with van der Waals surface area (Å²) in [5.74, 6) is 3.16. The van der Waals surface area contributed by atoms with Gasteiger partial charge in [-0.1, -0.05) is 52.0 Å². The Kier molecular flexibility index (Phi) is 7.53. The Labute approximate surface area is 181 Å². The molecule has 0 radical (unpaired) electrons. The van der Waals surface area contributed by atoms with Crippen LogP contribution in [0.15, 0.2) is 39.9 Å². The first-order valence-corrected chi connectivity index (χ1v) is 11.0. The molecule has 6 heteroatoms. The third kappa shape index (κ3) is 6.59. The largest absolute Gasteiger partial charge is 0.443 e. The number of aromatic nitrogens is 1. The number of benzene rings is 1. The third-order valence-electron chi connectivity index (χ3n) is 5.66. The quantitative estimate of drug-likeness (QED) is 0.554. The summed E-state index contributed by atoms with van der Waals surface area (Å²) in [5.41, 5.74) is 2.59. The van der Waals surface area contributed by atoms with Crippen molar-refractivity contribution in [1.82, 2.24) is 20.5 Å². The summed E-state index contributed by atoms with van der Waals surface area (Å²) in [6.07, 6.45) is 4.43. The van der Waals surface area contributed by atoms with E-state index in [0.29, 0.717) is 12.4 Å². The molecule has 1 aliphatic rings. The van der Waals surface area contributed by atoms with Crippen molar-refractivity contribution in [1.29, 1.82) is 0 Å². The summed E-state index contributed by atoms with van der Waals surface area (Å²) < 4.78 is 5.84. The van der Waals surface area contributed by atoms with E-state index in [4.69, 9.17) is 4.42 Å². The zero-order chi connectivity index (χ0) is 21.6. The minimum absolute atomic E-state index is 0.0391. The Morgan fingerprint density at radius 3 is 2.53 bits per heavy atom. The predicted molar refractivity (Wildman–Crippen MR) is 122 cm³/mol. The number of aliphatic imine (C=N–C) groups is 1. The zero-order valence-corrected chi connectivity index (χ0v) is 19.2. The van der Waals surface area contributed by atoms with Gasteiger partial charge in [-0.3, -0.25) is 9.89 Å². The first-order chi connectivity index (χ1) is 14.3. The number of hydrogen-bond donors (Lipinski definition) is 2. The zero-order valence-electron chi connectivity index (χ0n) is 19.2. The normalized spacial score (nSPS) is 16.6. The van der Waals surface area contributed by atoms with E-state index in [0.717, 1.165) is 30.7 Å². The molecule has 30 heavy (non-hydrogen) atoms. The van der Waals surface area contributed by atoms with Crippen molar-refractivity contribution < 1.29 is 4.42 Å². The molecule has 6 nitrogen and oxygen atoms in total. The van der Waals surface area contributed by atoms with Crippen molar-refractivity contribution >= 4 is 5.96 Å². The molecule has 164 valence electrons. The van der Waals surface area contributed by atoms with Gasteiger partial charge in [0, 0.05) is 25.6 Å². The van der Waals surface area contributed by atoms with Gasteiger partial charge in [0.25, 0.3) is 0 Å². The van der Waals surface area contributed by atoms with E-state index in [1.807, 2.05) is 6.20 Å². The van der Waals surface area contributed by atoms with Gasteiger partial charge in [-0.25, -0.2) is 4.98 Å². The van der Waals surface area contributed by atoms with Crippen molar-refractivity contribution in [3.05, 3.63) is 53.2 Å². The van der Waals surface area contributed by atoms with Crippen molar-refractivity contribution in [2.24, 2.45) is 10.9 Å². The lowest BCUT2D eigenvalue weighted by Gasteiger charge is -2.30.